The molecule has 0 amide bonds. The van der Waals surface area contributed by atoms with Gasteiger partial charge in [-0.15, -0.1) is 11.3 Å². The van der Waals surface area contributed by atoms with Crippen molar-refractivity contribution < 1.29 is 0 Å². The Kier molecular flexibility index (Phi) is 5.02. The molecule has 2 rings (SSSR count). The summed E-state index contributed by atoms with van der Waals surface area (Å²) in [6, 6.07) is 8.85. The molecule has 0 bridgehead atoms. The van der Waals surface area contributed by atoms with Crippen molar-refractivity contribution in [3.63, 3.8) is 0 Å². The van der Waals surface area contributed by atoms with Crippen molar-refractivity contribution in [2.24, 2.45) is 0 Å². The summed E-state index contributed by atoms with van der Waals surface area (Å²) in [6.07, 6.45) is 4.50. The van der Waals surface area contributed by atoms with E-state index in [0.717, 1.165) is 26.1 Å². The highest BCUT2D eigenvalue weighted by molar-refractivity contribution is 7.11. The van der Waals surface area contributed by atoms with Crippen LogP contribution in [0.5, 0.6) is 0 Å². The SMILES string of the molecule is CCCNCc1cccn1Cc1ccc(CC)s1. The summed E-state index contributed by atoms with van der Waals surface area (Å²) in [5, 5.41) is 3.46. The second kappa shape index (κ2) is 6.76. The van der Waals surface area contributed by atoms with Crippen molar-refractivity contribution in [3.8, 4) is 0 Å². The van der Waals surface area contributed by atoms with E-state index in [4.69, 9.17) is 0 Å². The number of aromatic nitrogens is 1. The van der Waals surface area contributed by atoms with Crippen molar-refractivity contribution in [1.29, 1.82) is 0 Å². The highest BCUT2D eigenvalue weighted by atomic mass is 32.1. The van der Waals surface area contributed by atoms with Gasteiger partial charge in [0, 0.05) is 28.2 Å². The highest BCUT2D eigenvalue weighted by Gasteiger charge is 2.03. The van der Waals surface area contributed by atoms with Crippen LogP contribution in [-0.2, 0) is 19.5 Å². The van der Waals surface area contributed by atoms with Crippen LogP contribution in [-0.4, -0.2) is 11.1 Å². The molecule has 1 N–H and O–H groups in total. The van der Waals surface area contributed by atoms with E-state index in [1.165, 1.54) is 21.9 Å². The molecule has 0 aliphatic heterocycles. The largest absolute Gasteiger partial charge is 0.345 e. The third-order valence-corrected chi connectivity index (χ3v) is 4.26. The zero-order valence-electron chi connectivity index (χ0n) is 11.3. The van der Waals surface area contributed by atoms with Gasteiger partial charge < -0.3 is 9.88 Å². The first-order valence-electron chi connectivity index (χ1n) is 6.75. The van der Waals surface area contributed by atoms with Crippen LogP contribution in [0.2, 0.25) is 0 Å². The summed E-state index contributed by atoms with van der Waals surface area (Å²) in [4.78, 5) is 2.92. The number of hydrogen-bond acceptors (Lipinski definition) is 2. The van der Waals surface area contributed by atoms with Gasteiger partial charge in [0.1, 0.15) is 0 Å². The molecule has 0 atom stereocenters. The van der Waals surface area contributed by atoms with Crippen LogP contribution in [0.1, 0.15) is 35.7 Å². The standard InChI is InChI=1S/C15H22N2S/c1-3-9-16-11-13-6-5-10-17(13)12-15-8-7-14(4-2)18-15/h5-8,10,16H,3-4,9,11-12H2,1-2H3. The van der Waals surface area contributed by atoms with Gasteiger partial charge in [-0.25, -0.2) is 0 Å². The van der Waals surface area contributed by atoms with E-state index >= 15 is 0 Å². The third-order valence-electron chi connectivity index (χ3n) is 3.05. The molecule has 2 aromatic heterocycles. The predicted molar refractivity (Wildman–Crippen MR) is 79.2 cm³/mol. The van der Waals surface area contributed by atoms with E-state index in [-0.39, 0.29) is 0 Å². The Labute approximate surface area is 114 Å². The van der Waals surface area contributed by atoms with Crippen molar-refractivity contribution in [1.82, 2.24) is 9.88 Å². The fourth-order valence-corrected chi connectivity index (χ4v) is 2.98. The Balaban J connectivity index is 1.98. The van der Waals surface area contributed by atoms with Crippen LogP contribution in [0.3, 0.4) is 0 Å². The van der Waals surface area contributed by atoms with Gasteiger partial charge >= 0.3 is 0 Å². The number of aryl methyl sites for hydroxylation is 1. The van der Waals surface area contributed by atoms with E-state index in [1.54, 1.807) is 0 Å². The molecular weight excluding hydrogens is 240 g/mol. The fourth-order valence-electron chi connectivity index (χ4n) is 2.02. The average Bonchev–Trinajstić information content (AvgIpc) is 3.00. The lowest BCUT2D eigenvalue weighted by Gasteiger charge is -2.08. The second-order valence-electron chi connectivity index (χ2n) is 4.53. The van der Waals surface area contributed by atoms with Gasteiger partial charge in [0.05, 0.1) is 6.54 Å². The molecule has 2 aromatic rings. The lowest BCUT2D eigenvalue weighted by molar-refractivity contribution is 0.632. The minimum atomic E-state index is 0.965. The third kappa shape index (κ3) is 3.47. The Hall–Kier alpha value is -1.06. The van der Waals surface area contributed by atoms with Gasteiger partial charge in [0.15, 0.2) is 0 Å². The van der Waals surface area contributed by atoms with Crippen LogP contribution >= 0.6 is 11.3 Å². The van der Waals surface area contributed by atoms with E-state index in [2.05, 4.69) is 54.2 Å². The molecule has 0 fully saturated rings. The first kappa shape index (κ1) is 13.4. The van der Waals surface area contributed by atoms with E-state index in [1.807, 2.05) is 11.3 Å². The molecule has 3 heteroatoms. The van der Waals surface area contributed by atoms with Crippen LogP contribution in [0.4, 0.5) is 0 Å². The molecule has 98 valence electrons. The molecule has 0 saturated carbocycles. The molecule has 18 heavy (non-hydrogen) atoms. The minimum absolute atomic E-state index is 0.965. The van der Waals surface area contributed by atoms with Crippen molar-refractivity contribution in [3.05, 3.63) is 45.9 Å². The average molecular weight is 262 g/mol. The second-order valence-corrected chi connectivity index (χ2v) is 5.78. The Morgan fingerprint density at radius 3 is 2.72 bits per heavy atom. The molecular formula is C15H22N2S. The summed E-state index contributed by atoms with van der Waals surface area (Å²) in [6.45, 7) is 7.47. The fraction of sp³-hybridized carbons (Fsp3) is 0.467. The smallest absolute Gasteiger partial charge is 0.0566 e. The molecule has 0 spiro atoms. The van der Waals surface area contributed by atoms with Crippen LogP contribution in [0.25, 0.3) is 0 Å². The first-order valence-corrected chi connectivity index (χ1v) is 7.57. The molecule has 0 aromatic carbocycles. The van der Waals surface area contributed by atoms with Crippen molar-refractivity contribution in [2.75, 3.05) is 6.54 Å². The van der Waals surface area contributed by atoms with Gasteiger partial charge in [0.2, 0.25) is 0 Å². The van der Waals surface area contributed by atoms with Gasteiger partial charge in [-0.1, -0.05) is 13.8 Å². The lowest BCUT2D eigenvalue weighted by atomic mass is 10.3. The molecule has 2 heterocycles. The van der Waals surface area contributed by atoms with E-state index < -0.39 is 0 Å². The maximum Gasteiger partial charge on any atom is 0.0566 e. The van der Waals surface area contributed by atoms with Crippen molar-refractivity contribution >= 4 is 11.3 Å². The molecule has 0 unspecified atom stereocenters. The zero-order valence-corrected chi connectivity index (χ0v) is 12.1. The molecule has 0 radical (unpaired) electrons. The molecule has 2 nitrogen and oxygen atoms in total. The molecule has 0 saturated heterocycles. The Morgan fingerprint density at radius 2 is 2.00 bits per heavy atom. The Bertz CT molecular complexity index is 470. The molecule has 0 aliphatic rings. The summed E-state index contributed by atoms with van der Waals surface area (Å²) < 4.78 is 2.34. The minimum Gasteiger partial charge on any atom is -0.345 e. The summed E-state index contributed by atoms with van der Waals surface area (Å²) >= 11 is 1.93. The quantitative estimate of drug-likeness (QED) is 0.754. The zero-order chi connectivity index (χ0) is 12.8. The highest BCUT2D eigenvalue weighted by Crippen LogP contribution is 2.19. The normalized spacial score (nSPS) is 11.0. The molecule has 0 aliphatic carbocycles. The van der Waals surface area contributed by atoms with Gasteiger partial charge in [-0.05, 0) is 43.7 Å². The number of hydrogen-bond donors (Lipinski definition) is 1. The summed E-state index contributed by atoms with van der Waals surface area (Å²) in [7, 11) is 0. The number of thiophene rings is 1. The van der Waals surface area contributed by atoms with Crippen LogP contribution in [0.15, 0.2) is 30.5 Å². The van der Waals surface area contributed by atoms with Crippen LogP contribution in [0, 0.1) is 0 Å². The maximum absolute atomic E-state index is 3.46. The summed E-state index contributed by atoms with van der Waals surface area (Å²) in [5.41, 5.74) is 1.37. The first-order chi connectivity index (χ1) is 8.83. The van der Waals surface area contributed by atoms with Gasteiger partial charge in [0.25, 0.3) is 0 Å². The number of nitrogens with zero attached hydrogens (tertiary/aromatic N) is 1. The summed E-state index contributed by atoms with van der Waals surface area (Å²) in [5.74, 6) is 0. The maximum atomic E-state index is 3.46. The van der Waals surface area contributed by atoms with E-state index in [0.29, 0.717) is 0 Å². The number of rotatable bonds is 7. The Morgan fingerprint density at radius 1 is 1.17 bits per heavy atom. The van der Waals surface area contributed by atoms with Crippen molar-refractivity contribution in [2.45, 2.75) is 39.8 Å². The predicted octanol–water partition coefficient (Wildman–Crippen LogP) is 3.66. The van der Waals surface area contributed by atoms with Gasteiger partial charge in [-0.2, -0.15) is 0 Å². The lowest BCUT2D eigenvalue weighted by Crippen LogP contribution is -2.16. The van der Waals surface area contributed by atoms with Crippen LogP contribution < -0.4 is 5.32 Å². The monoisotopic (exact) mass is 262 g/mol. The number of nitrogens with one attached hydrogen (secondary N) is 1. The van der Waals surface area contributed by atoms with E-state index in [9.17, 15) is 0 Å². The topological polar surface area (TPSA) is 17.0 Å². The van der Waals surface area contributed by atoms with Gasteiger partial charge in [-0.3, -0.25) is 0 Å².